The number of methoxy groups -OCH3 is 1. The third kappa shape index (κ3) is 6.41. The summed E-state index contributed by atoms with van der Waals surface area (Å²) >= 11 is 0. The van der Waals surface area contributed by atoms with Gasteiger partial charge in [-0.25, -0.2) is 4.99 Å². The number of para-hydroxylation sites is 2. The highest BCUT2D eigenvalue weighted by Crippen LogP contribution is 2.26. The lowest BCUT2D eigenvalue weighted by atomic mass is 10.3. The van der Waals surface area contributed by atoms with Crippen LogP contribution in [0.4, 0.5) is 0 Å². The second kappa shape index (κ2) is 10.3. The SMILES string of the molecule is CCNC(=NCC(C)Oc1ccccc1OC)NCCn1cccc1. The largest absolute Gasteiger partial charge is 0.493 e. The van der Waals surface area contributed by atoms with Crippen LogP contribution in [0.25, 0.3) is 0 Å². The van der Waals surface area contributed by atoms with Crippen LogP contribution in [0.3, 0.4) is 0 Å². The first-order valence-electron chi connectivity index (χ1n) is 8.65. The minimum Gasteiger partial charge on any atom is -0.493 e. The highest BCUT2D eigenvalue weighted by molar-refractivity contribution is 5.79. The third-order valence-corrected chi connectivity index (χ3v) is 3.58. The molecule has 25 heavy (non-hydrogen) atoms. The lowest BCUT2D eigenvalue weighted by Crippen LogP contribution is -2.39. The van der Waals surface area contributed by atoms with Gasteiger partial charge in [0.05, 0.1) is 13.7 Å². The van der Waals surface area contributed by atoms with E-state index in [9.17, 15) is 0 Å². The van der Waals surface area contributed by atoms with Crippen LogP contribution in [0.1, 0.15) is 13.8 Å². The Morgan fingerprint density at radius 1 is 1.12 bits per heavy atom. The molecule has 0 aliphatic heterocycles. The maximum Gasteiger partial charge on any atom is 0.191 e. The number of ether oxygens (including phenoxy) is 2. The molecule has 0 saturated heterocycles. The molecule has 0 radical (unpaired) electrons. The van der Waals surface area contributed by atoms with E-state index in [0.29, 0.717) is 6.54 Å². The Hall–Kier alpha value is -2.63. The molecule has 1 unspecified atom stereocenters. The van der Waals surface area contributed by atoms with Gasteiger partial charge in [0, 0.05) is 32.0 Å². The van der Waals surface area contributed by atoms with Crippen LogP contribution in [0.5, 0.6) is 11.5 Å². The van der Waals surface area contributed by atoms with Crippen molar-refractivity contribution in [2.75, 3.05) is 26.7 Å². The summed E-state index contributed by atoms with van der Waals surface area (Å²) in [5.41, 5.74) is 0. The third-order valence-electron chi connectivity index (χ3n) is 3.58. The Labute approximate surface area is 149 Å². The van der Waals surface area contributed by atoms with Crippen molar-refractivity contribution >= 4 is 5.96 Å². The van der Waals surface area contributed by atoms with E-state index in [-0.39, 0.29) is 6.10 Å². The van der Waals surface area contributed by atoms with Crippen LogP contribution in [-0.2, 0) is 6.54 Å². The van der Waals surface area contributed by atoms with E-state index in [4.69, 9.17) is 9.47 Å². The van der Waals surface area contributed by atoms with Gasteiger partial charge in [-0.1, -0.05) is 12.1 Å². The number of rotatable bonds is 9. The average molecular weight is 344 g/mol. The fourth-order valence-corrected chi connectivity index (χ4v) is 2.35. The first-order chi connectivity index (χ1) is 12.2. The molecule has 1 atom stereocenters. The van der Waals surface area contributed by atoms with Gasteiger partial charge in [0.25, 0.3) is 0 Å². The molecule has 1 heterocycles. The maximum absolute atomic E-state index is 5.94. The average Bonchev–Trinajstić information content (AvgIpc) is 3.13. The van der Waals surface area contributed by atoms with Crippen molar-refractivity contribution < 1.29 is 9.47 Å². The van der Waals surface area contributed by atoms with Gasteiger partial charge in [0.1, 0.15) is 6.10 Å². The Morgan fingerprint density at radius 2 is 1.84 bits per heavy atom. The van der Waals surface area contributed by atoms with Crippen LogP contribution in [-0.4, -0.2) is 43.4 Å². The highest BCUT2D eigenvalue weighted by atomic mass is 16.5. The highest BCUT2D eigenvalue weighted by Gasteiger charge is 2.08. The zero-order valence-electron chi connectivity index (χ0n) is 15.2. The van der Waals surface area contributed by atoms with E-state index >= 15 is 0 Å². The van der Waals surface area contributed by atoms with E-state index in [1.165, 1.54) is 0 Å². The minimum atomic E-state index is -0.0591. The van der Waals surface area contributed by atoms with Crippen molar-refractivity contribution in [3.63, 3.8) is 0 Å². The smallest absolute Gasteiger partial charge is 0.191 e. The van der Waals surface area contributed by atoms with Gasteiger partial charge in [-0.2, -0.15) is 0 Å². The fraction of sp³-hybridized carbons (Fsp3) is 0.421. The van der Waals surface area contributed by atoms with E-state index < -0.39 is 0 Å². The molecule has 6 heteroatoms. The van der Waals surface area contributed by atoms with Crippen LogP contribution in [0.15, 0.2) is 53.8 Å². The Kier molecular flexibility index (Phi) is 7.69. The summed E-state index contributed by atoms with van der Waals surface area (Å²) in [5.74, 6) is 2.26. The Balaban J connectivity index is 1.84. The van der Waals surface area contributed by atoms with Gasteiger partial charge in [-0.05, 0) is 38.1 Å². The van der Waals surface area contributed by atoms with Crippen LogP contribution in [0, 0.1) is 0 Å². The van der Waals surface area contributed by atoms with Crippen molar-refractivity contribution in [3.05, 3.63) is 48.8 Å². The number of benzene rings is 1. The second-order valence-electron chi connectivity index (χ2n) is 5.65. The number of hydrogen-bond donors (Lipinski definition) is 2. The van der Waals surface area contributed by atoms with Crippen LogP contribution >= 0.6 is 0 Å². The van der Waals surface area contributed by atoms with Crippen molar-refractivity contribution in [2.45, 2.75) is 26.5 Å². The zero-order valence-corrected chi connectivity index (χ0v) is 15.2. The minimum absolute atomic E-state index is 0.0591. The molecule has 1 aromatic heterocycles. The predicted octanol–water partition coefficient (Wildman–Crippen LogP) is 2.52. The quantitative estimate of drug-likeness (QED) is 0.542. The summed E-state index contributed by atoms with van der Waals surface area (Å²) < 4.78 is 13.4. The van der Waals surface area contributed by atoms with Gasteiger partial charge in [-0.15, -0.1) is 0 Å². The standard InChI is InChI=1S/C19H28N4O2/c1-4-20-19(21-11-14-23-12-7-8-13-23)22-15-16(2)25-18-10-6-5-9-17(18)24-3/h5-10,12-13,16H,4,11,14-15H2,1-3H3,(H2,20,21,22). The van der Waals surface area contributed by atoms with Gasteiger partial charge < -0.3 is 24.7 Å². The number of guanidine groups is 1. The molecule has 6 nitrogen and oxygen atoms in total. The van der Waals surface area contributed by atoms with Crippen molar-refractivity contribution in [1.29, 1.82) is 0 Å². The summed E-state index contributed by atoms with van der Waals surface area (Å²) in [6.07, 6.45) is 4.04. The van der Waals surface area contributed by atoms with E-state index in [1.54, 1.807) is 7.11 Å². The number of nitrogens with one attached hydrogen (secondary N) is 2. The van der Waals surface area contributed by atoms with Gasteiger partial charge in [0.2, 0.25) is 0 Å². The molecule has 0 aliphatic rings. The molecular formula is C19H28N4O2. The topological polar surface area (TPSA) is 59.8 Å². The van der Waals surface area contributed by atoms with Gasteiger partial charge >= 0.3 is 0 Å². The summed E-state index contributed by atoms with van der Waals surface area (Å²) in [6, 6.07) is 11.7. The molecular weight excluding hydrogens is 316 g/mol. The van der Waals surface area contributed by atoms with E-state index in [1.807, 2.05) is 43.3 Å². The lowest BCUT2D eigenvalue weighted by molar-refractivity contribution is 0.219. The number of aliphatic imine (C=N–C) groups is 1. The molecule has 0 aliphatic carbocycles. The van der Waals surface area contributed by atoms with E-state index in [2.05, 4.69) is 39.5 Å². The number of nitrogens with zero attached hydrogens (tertiary/aromatic N) is 2. The first kappa shape index (κ1) is 18.7. The predicted molar refractivity (Wildman–Crippen MR) is 101 cm³/mol. The summed E-state index contributed by atoms with van der Waals surface area (Å²) in [6.45, 7) is 7.12. The second-order valence-corrected chi connectivity index (χ2v) is 5.65. The molecule has 2 aromatic rings. The number of hydrogen-bond acceptors (Lipinski definition) is 3. The monoisotopic (exact) mass is 344 g/mol. The summed E-state index contributed by atoms with van der Waals surface area (Å²) in [5, 5.41) is 6.59. The van der Waals surface area contributed by atoms with Gasteiger partial charge in [-0.3, -0.25) is 0 Å². The van der Waals surface area contributed by atoms with Crippen LogP contribution < -0.4 is 20.1 Å². The Morgan fingerprint density at radius 3 is 2.52 bits per heavy atom. The normalized spacial score (nSPS) is 12.5. The Bertz CT molecular complexity index is 641. The molecule has 0 amide bonds. The molecule has 0 fully saturated rings. The molecule has 2 rings (SSSR count). The zero-order chi connectivity index (χ0) is 17.9. The molecule has 0 bridgehead atoms. The number of aromatic nitrogens is 1. The molecule has 0 saturated carbocycles. The van der Waals surface area contributed by atoms with E-state index in [0.717, 1.165) is 37.1 Å². The van der Waals surface area contributed by atoms with Crippen molar-refractivity contribution in [2.24, 2.45) is 4.99 Å². The lowest BCUT2D eigenvalue weighted by Gasteiger charge is -2.16. The fourth-order valence-electron chi connectivity index (χ4n) is 2.35. The molecule has 1 aromatic carbocycles. The summed E-state index contributed by atoms with van der Waals surface area (Å²) in [7, 11) is 1.64. The molecule has 0 spiro atoms. The first-order valence-corrected chi connectivity index (χ1v) is 8.65. The van der Waals surface area contributed by atoms with Crippen LogP contribution in [0.2, 0.25) is 0 Å². The van der Waals surface area contributed by atoms with Crippen molar-refractivity contribution in [3.8, 4) is 11.5 Å². The molecule has 2 N–H and O–H groups in total. The van der Waals surface area contributed by atoms with Gasteiger partial charge in [0.15, 0.2) is 17.5 Å². The van der Waals surface area contributed by atoms with Crippen molar-refractivity contribution in [1.82, 2.24) is 15.2 Å². The summed E-state index contributed by atoms with van der Waals surface area (Å²) in [4.78, 5) is 4.60. The maximum atomic E-state index is 5.94. The molecule has 136 valence electrons.